The van der Waals surface area contributed by atoms with Crippen molar-refractivity contribution < 1.29 is 77.1 Å². The van der Waals surface area contributed by atoms with Crippen LogP contribution in [0, 0.1) is 35.5 Å². The summed E-state index contributed by atoms with van der Waals surface area (Å²) in [6, 6.07) is 0. The molecular formula is C42H72O16. The Balaban J connectivity index is 2.24. The SMILES string of the molecule is CO[C@H]1C[C@@H](C)O[C@@H](OC2[C@@H](C)[C@H](O[C@H]3C[C@@](C)(OC)[C@H](OC(C)=O)[C@H](C)O3)[C@@H](C)C(=O)O[C@H]([C@@H](C)[C@H](C)O)[C@H](C)[C@H](OC(C)=O)[C@@H](C)C(=O)[C@@](C)(O)C[C@@H]2C)[C@@H]1O. The summed E-state index contributed by atoms with van der Waals surface area (Å²) in [5.74, 6) is -7.59. The van der Waals surface area contributed by atoms with Gasteiger partial charge in [0.15, 0.2) is 24.5 Å². The lowest BCUT2D eigenvalue weighted by atomic mass is 9.74. The van der Waals surface area contributed by atoms with Crippen molar-refractivity contribution in [2.75, 3.05) is 14.2 Å². The van der Waals surface area contributed by atoms with Gasteiger partial charge in [-0.3, -0.25) is 19.2 Å². The molecule has 336 valence electrons. The van der Waals surface area contributed by atoms with Gasteiger partial charge < -0.3 is 58.0 Å². The molecule has 3 fully saturated rings. The van der Waals surface area contributed by atoms with E-state index in [0.717, 1.165) is 0 Å². The molecule has 0 bridgehead atoms. The van der Waals surface area contributed by atoms with Crippen molar-refractivity contribution in [3.8, 4) is 0 Å². The number of esters is 3. The number of aliphatic hydroxyl groups excluding tert-OH is 2. The third-order valence-electron chi connectivity index (χ3n) is 12.7. The molecule has 3 aliphatic rings. The van der Waals surface area contributed by atoms with Crippen molar-refractivity contribution in [1.82, 2.24) is 0 Å². The van der Waals surface area contributed by atoms with Crippen molar-refractivity contribution in [3.63, 3.8) is 0 Å². The molecule has 3 saturated heterocycles. The molecule has 0 spiro atoms. The molecule has 3 N–H and O–H groups in total. The number of ketones is 1. The average Bonchev–Trinajstić information content (AvgIpc) is 3.13. The largest absolute Gasteiger partial charge is 0.461 e. The average molecular weight is 833 g/mol. The fraction of sp³-hybridized carbons (Fsp3) is 0.905. The molecule has 0 aromatic heterocycles. The molecular weight excluding hydrogens is 760 g/mol. The summed E-state index contributed by atoms with van der Waals surface area (Å²) in [5, 5.41) is 34.2. The van der Waals surface area contributed by atoms with Crippen LogP contribution in [0.25, 0.3) is 0 Å². The van der Waals surface area contributed by atoms with Gasteiger partial charge in [0, 0.05) is 58.7 Å². The van der Waals surface area contributed by atoms with Gasteiger partial charge in [-0.05, 0) is 53.9 Å². The van der Waals surface area contributed by atoms with Crippen LogP contribution in [0.2, 0.25) is 0 Å². The molecule has 1 unspecified atom stereocenters. The lowest BCUT2D eigenvalue weighted by molar-refractivity contribution is -0.313. The first-order chi connectivity index (χ1) is 26.8. The maximum absolute atomic E-state index is 14.6. The molecule has 0 saturated carbocycles. The zero-order chi connectivity index (χ0) is 44.2. The number of Topliss-reactive ketones (excluding diaryl/α,β-unsaturated/α-hetero) is 1. The third kappa shape index (κ3) is 11.8. The van der Waals surface area contributed by atoms with Crippen molar-refractivity contribution in [2.45, 2.75) is 194 Å². The van der Waals surface area contributed by atoms with E-state index >= 15 is 0 Å². The van der Waals surface area contributed by atoms with Gasteiger partial charge >= 0.3 is 17.9 Å². The number of carbonyl (C=O) groups excluding carboxylic acids is 4. The summed E-state index contributed by atoms with van der Waals surface area (Å²) in [7, 11) is 2.98. The Morgan fingerprint density at radius 3 is 1.97 bits per heavy atom. The monoisotopic (exact) mass is 832 g/mol. The number of rotatable bonds is 10. The molecule has 3 rings (SSSR count). The van der Waals surface area contributed by atoms with E-state index in [9.17, 15) is 34.5 Å². The van der Waals surface area contributed by atoms with Gasteiger partial charge in [-0.1, -0.05) is 34.6 Å². The Labute approximate surface area is 344 Å². The standard InChI is InChI=1S/C42H72O16/c1-19-17-41(12,49)37(47)24(6)35(54-28(10)44)23(5)34(21(3)26(8)43)57-39(48)25(7)36(22(4)33(19)58-40-32(46)30(50-14)16-20(2)52-40)56-31-18-42(13,51-15)38(27(9)53-31)55-29(11)45/h19-27,30-36,38,40,43,46,49H,16-18H2,1-15H3/t19-,20+,21-,22+,23-,24+,25+,26-,27-,30-,31-,32+,33?,34+,35-,36-,38+,40-,41-,42+/m0/s1. The van der Waals surface area contributed by atoms with E-state index in [1.54, 1.807) is 62.3 Å². The molecule has 16 heteroatoms. The maximum atomic E-state index is 14.6. The molecule has 0 aromatic carbocycles. The van der Waals surface area contributed by atoms with E-state index in [-0.39, 0.29) is 18.9 Å². The molecule has 3 heterocycles. The van der Waals surface area contributed by atoms with Crippen LogP contribution in [0.4, 0.5) is 0 Å². The van der Waals surface area contributed by atoms with E-state index in [2.05, 4.69) is 0 Å². The third-order valence-corrected chi connectivity index (χ3v) is 12.7. The molecule has 16 nitrogen and oxygen atoms in total. The Kier molecular flexibility index (Phi) is 17.7. The van der Waals surface area contributed by atoms with Crippen molar-refractivity contribution in [3.05, 3.63) is 0 Å². The van der Waals surface area contributed by atoms with Crippen molar-refractivity contribution in [1.29, 1.82) is 0 Å². The van der Waals surface area contributed by atoms with E-state index in [1.807, 2.05) is 6.92 Å². The van der Waals surface area contributed by atoms with E-state index in [0.29, 0.717) is 6.42 Å². The second kappa shape index (κ2) is 20.5. The predicted molar refractivity (Wildman–Crippen MR) is 208 cm³/mol. The van der Waals surface area contributed by atoms with Crippen molar-refractivity contribution >= 4 is 23.7 Å². The molecule has 0 amide bonds. The van der Waals surface area contributed by atoms with Gasteiger partial charge in [-0.15, -0.1) is 0 Å². The number of aliphatic hydroxyl groups is 3. The predicted octanol–water partition coefficient (Wildman–Crippen LogP) is 3.50. The van der Waals surface area contributed by atoms with Gasteiger partial charge in [0.25, 0.3) is 0 Å². The lowest BCUT2D eigenvalue weighted by Gasteiger charge is -2.48. The van der Waals surface area contributed by atoms with Crippen LogP contribution < -0.4 is 0 Å². The summed E-state index contributed by atoms with van der Waals surface area (Å²) in [4.78, 5) is 53.5. The highest BCUT2D eigenvalue weighted by atomic mass is 16.7. The van der Waals surface area contributed by atoms with Crippen LogP contribution in [-0.2, 0) is 61.8 Å². The summed E-state index contributed by atoms with van der Waals surface area (Å²) in [6.07, 6.45) is -10.8. The highest BCUT2D eigenvalue weighted by Crippen LogP contribution is 2.41. The highest BCUT2D eigenvalue weighted by molar-refractivity contribution is 5.89. The number of carbonyl (C=O) groups is 4. The van der Waals surface area contributed by atoms with E-state index in [4.69, 9.17) is 42.6 Å². The fourth-order valence-electron chi connectivity index (χ4n) is 9.20. The first-order valence-corrected chi connectivity index (χ1v) is 20.7. The van der Waals surface area contributed by atoms with Crippen molar-refractivity contribution in [2.24, 2.45) is 35.5 Å². The van der Waals surface area contributed by atoms with Crippen LogP contribution in [-0.4, -0.2) is 138 Å². The number of hydrogen-bond acceptors (Lipinski definition) is 16. The van der Waals surface area contributed by atoms with Gasteiger partial charge in [-0.2, -0.15) is 0 Å². The second-order valence-corrected chi connectivity index (χ2v) is 17.7. The Hall–Kier alpha value is -2.28. The zero-order valence-corrected chi connectivity index (χ0v) is 37.2. The Bertz CT molecular complexity index is 1390. The van der Waals surface area contributed by atoms with Crippen LogP contribution in [0.3, 0.4) is 0 Å². The minimum atomic E-state index is -1.99. The number of cyclic esters (lactones) is 1. The molecule has 20 atom stereocenters. The van der Waals surface area contributed by atoms with Gasteiger partial charge in [-0.25, -0.2) is 0 Å². The summed E-state index contributed by atoms with van der Waals surface area (Å²) >= 11 is 0. The molecule has 3 aliphatic heterocycles. The highest BCUT2D eigenvalue weighted by Gasteiger charge is 2.53. The first kappa shape index (κ1) is 50.1. The van der Waals surface area contributed by atoms with E-state index < -0.39 is 138 Å². The van der Waals surface area contributed by atoms with Crippen LogP contribution in [0.15, 0.2) is 0 Å². The maximum Gasteiger partial charge on any atom is 0.311 e. The smallest absolute Gasteiger partial charge is 0.311 e. The lowest BCUT2D eigenvalue weighted by Crippen LogP contribution is -2.59. The number of hydrogen-bond donors (Lipinski definition) is 3. The summed E-state index contributed by atoms with van der Waals surface area (Å²) in [5.41, 5.74) is -3.06. The molecule has 0 aromatic rings. The van der Waals surface area contributed by atoms with Gasteiger partial charge in [0.05, 0.1) is 48.5 Å². The zero-order valence-electron chi connectivity index (χ0n) is 37.2. The molecule has 0 aliphatic carbocycles. The summed E-state index contributed by atoms with van der Waals surface area (Å²) < 4.78 is 55.0. The fourth-order valence-corrected chi connectivity index (χ4v) is 9.20. The number of ether oxygens (including phenoxy) is 9. The first-order valence-electron chi connectivity index (χ1n) is 20.7. The minimum absolute atomic E-state index is 0.0826. The van der Waals surface area contributed by atoms with Crippen LogP contribution in [0.1, 0.15) is 109 Å². The number of methoxy groups -OCH3 is 2. The van der Waals surface area contributed by atoms with Crippen LogP contribution >= 0.6 is 0 Å². The minimum Gasteiger partial charge on any atom is -0.461 e. The topological polar surface area (TPSA) is 212 Å². The van der Waals surface area contributed by atoms with Gasteiger partial charge in [0.2, 0.25) is 0 Å². The van der Waals surface area contributed by atoms with Gasteiger partial charge in [0.1, 0.15) is 29.5 Å². The molecule has 0 radical (unpaired) electrons. The Morgan fingerprint density at radius 2 is 1.43 bits per heavy atom. The van der Waals surface area contributed by atoms with E-state index in [1.165, 1.54) is 35.0 Å². The second-order valence-electron chi connectivity index (χ2n) is 17.7. The molecule has 58 heavy (non-hydrogen) atoms. The quantitative estimate of drug-likeness (QED) is 0.212. The van der Waals surface area contributed by atoms with Crippen LogP contribution in [0.5, 0.6) is 0 Å². The normalized spacial score (nSPS) is 44.7. The Morgan fingerprint density at radius 1 is 0.828 bits per heavy atom. The summed E-state index contributed by atoms with van der Waals surface area (Å²) in [6.45, 7) is 20.9.